The summed E-state index contributed by atoms with van der Waals surface area (Å²) in [7, 11) is 1.78. The van der Waals surface area contributed by atoms with Crippen molar-refractivity contribution in [2.45, 2.75) is 33.2 Å². The number of amides is 1. The Morgan fingerprint density at radius 2 is 2.14 bits per heavy atom. The molecule has 0 atom stereocenters. The molecule has 0 aliphatic heterocycles. The molecule has 2 rings (SSSR count). The van der Waals surface area contributed by atoms with Gasteiger partial charge in [0.05, 0.1) is 11.9 Å². The van der Waals surface area contributed by atoms with E-state index in [2.05, 4.69) is 38.9 Å². The number of nitrogens with zero attached hydrogens (tertiary/aromatic N) is 2. The Labute approximate surface area is 128 Å². The van der Waals surface area contributed by atoms with Gasteiger partial charge in [0.25, 0.3) is 0 Å². The number of fused-ring (bicyclic) bond motifs is 1. The predicted octanol–water partition coefficient (Wildman–Crippen LogP) is 2.23. The van der Waals surface area contributed by atoms with Crippen molar-refractivity contribution in [2.24, 2.45) is 0 Å². The maximum Gasteiger partial charge on any atom is 0.239 e. The Morgan fingerprint density at radius 3 is 2.76 bits per heavy atom. The van der Waals surface area contributed by atoms with E-state index < -0.39 is 0 Å². The van der Waals surface area contributed by atoms with Gasteiger partial charge in [-0.3, -0.25) is 4.79 Å². The number of aryl methyl sites for hydroxylation is 1. The maximum atomic E-state index is 11.7. The van der Waals surface area contributed by atoms with E-state index in [-0.39, 0.29) is 18.5 Å². The standard InChI is InChI=1S/C14H21N5OS/c1-5-9-6-10-12(16-7-11(20)17-8(2)3)18-14(15-4)19-13(10)21-9/h6,8H,5,7H2,1-4H3,(H,17,20)(H2,15,16,18,19). The lowest BCUT2D eigenvalue weighted by Gasteiger charge is -2.10. The minimum absolute atomic E-state index is 0.0475. The zero-order valence-electron chi connectivity index (χ0n) is 12.8. The highest BCUT2D eigenvalue weighted by atomic mass is 32.1. The van der Waals surface area contributed by atoms with Crippen LogP contribution in [0.5, 0.6) is 0 Å². The average molecular weight is 307 g/mol. The summed E-state index contributed by atoms with van der Waals surface area (Å²) < 4.78 is 0. The molecule has 0 aliphatic rings. The molecule has 6 nitrogen and oxygen atoms in total. The molecule has 0 bridgehead atoms. The molecule has 0 spiro atoms. The molecular weight excluding hydrogens is 286 g/mol. The van der Waals surface area contributed by atoms with Crippen molar-refractivity contribution in [3.63, 3.8) is 0 Å². The zero-order valence-corrected chi connectivity index (χ0v) is 13.6. The molecule has 7 heteroatoms. The summed E-state index contributed by atoms with van der Waals surface area (Å²) >= 11 is 1.65. The van der Waals surface area contributed by atoms with Gasteiger partial charge in [0.2, 0.25) is 11.9 Å². The number of hydrogen-bond acceptors (Lipinski definition) is 6. The number of carbonyl (C=O) groups excluding carboxylic acids is 1. The average Bonchev–Trinajstić information content (AvgIpc) is 2.86. The van der Waals surface area contributed by atoms with Crippen molar-refractivity contribution < 1.29 is 4.79 Å². The molecule has 114 valence electrons. The number of nitrogens with one attached hydrogen (secondary N) is 3. The lowest BCUT2D eigenvalue weighted by molar-refractivity contribution is -0.119. The number of carbonyl (C=O) groups is 1. The van der Waals surface area contributed by atoms with Crippen LogP contribution in [-0.2, 0) is 11.2 Å². The summed E-state index contributed by atoms with van der Waals surface area (Å²) in [4.78, 5) is 22.8. The summed E-state index contributed by atoms with van der Waals surface area (Å²) in [6.45, 7) is 6.18. The molecule has 2 aromatic heterocycles. The van der Waals surface area contributed by atoms with Gasteiger partial charge in [-0.2, -0.15) is 4.98 Å². The van der Waals surface area contributed by atoms with E-state index in [9.17, 15) is 4.79 Å². The normalized spacial score (nSPS) is 10.9. The largest absolute Gasteiger partial charge is 0.360 e. The van der Waals surface area contributed by atoms with Crippen LogP contribution in [0.25, 0.3) is 10.2 Å². The quantitative estimate of drug-likeness (QED) is 0.763. The summed E-state index contributed by atoms with van der Waals surface area (Å²) in [5.41, 5.74) is 0. The van der Waals surface area contributed by atoms with Crippen LogP contribution in [0.2, 0.25) is 0 Å². The molecule has 0 aromatic carbocycles. The van der Waals surface area contributed by atoms with Gasteiger partial charge in [0.15, 0.2) is 0 Å². The van der Waals surface area contributed by atoms with E-state index in [0.29, 0.717) is 11.8 Å². The van der Waals surface area contributed by atoms with Crippen LogP contribution >= 0.6 is 11.3 Å². The first-order valence-corrected chi connectivity index (χ1v) is 7.86. The van der Waals surface area contributed by atoms with Gasteiger partial charge in [0, 0.05) is 18.0 Å². The number of anilines is 2. The molecule has 2 heterocycles. The van der Waals surface area contributed by atoms with Gasteiger partial charge in [0.1, 0.15) is 10.6 Å². The summed E-state index contributed by atoms with van der Waals surface area (Å²) in [5.74, 6) is 1.20. The third-order valence-electron chi connectivity index (χ3n) is 2.88. The summed E-state index contributed by atoms with van der Waals surface area (Å²) in [6.07, 6.45) is 0.961. The Kier molecular flexibility index (Phi) is 4.95. The van der Waals surface area contributed by atoms with Crippen LogP contribution in [0.1, 0.15) is 25.6 Å². The van der Waals surface area contributed by atoms with Crippen LogP contribution in [0.15, 0.2) is 6.07 Å². The maximum absolute atomic E-state index is 11.7. The molecule has 0 saturated heterocycles. The second-order valence-corrected chi connectivity index (χ2v) is 6.12. The first kappa shape index (κ1) is 15.5. The smallest absolute Gasteiger partial charge is 0.239 e. The van der Waals surface area contributed by atoms with Crippen molar-refractivity contribution in [3.8, 4) is 0 Å². The van der Waals surface area contributed by atoms with Crippen molar-refractivity contribution in [1.82, 2.24) is 15.3 Å². The van der Waals surface area contributed by atoms with E-state index in [0.717, 1.165) is 16.6 Å². The molecule has 0 unspecified atom stereocenters. The van der Waals surface area contributed by atoms with E-state index in [1.807, 2.05) is 13.8 Å². The van der Waals surface area contributed by atoms with Gasteiger partial charge >= 0.3 is 0 Å². The molecule has 21 heavy (non-hydrogen) atoms. The summed E-state index contributed by atoms with van der Waals surface area (Å²) in [6, 6.07) is 2.22. The van der Waals surface area contributed by atoms with Crippen LogP contribution in [0.3, 0.4) is 0 Å². The highest BCUT2D eigenvalue weighted by molar-refractivity contribution is 7.18. The second kappa shape index (κ2) is 6.71. The van der Waals surface area contributed by atoms with Crippen LogP contribution in [-0.4, -0.2) is 35.5 Å². The molecular formula is C14H21N5OS. The highest BCUT2D eigenvalue weighted by Crippen LogP contribution is 2.30. The van der Waals surface area contributed by atoms with Gasteiger partial charge < -0.3 is 16.0 Å². The van der Waals surface area contributed by atoms with Crippen LogP contribution in [0.4, 0.5) is 11.8 Å². The molecule has 0 aliphatic carbocycles. The van der Waals surface area contributed by atoms with Crippen molar-refractivity contribution in [1.29, 1.82) is 0 Å². The van der Waals surface area contributed by atoms with Gasteiger partial charge in [-0.15, -0.1) is 11.3 Å². The van der Waals surface area contributed by atoms with Crippen molar-refractivity contribution in [3.05, 3.63) is 10.9 Å². The molecule has 0 fully saturated rings. The lowest BCUT2D eigenvalue weighted by Crippen LogP contribution is -2.35. The fourth-order valence-corrected chi connectivity index (χ4v) is 2.90. The third-order valence-corrected chi connectivity index (χ3v) is 4.06. The first-order chi connectivity index (χ1) is 10.0. The number of thiophene rings is 1. The zero-order chi connectivity index (χ0) is 15.4. The monoisotopic (exact) mass is 307 g/mol. The van der Waals surface area contributed by atoms with Gasteiger partial charge in [-0.25, -0.2) is 4.98 Å². The van der Waals surface area contributed by atoms with Crippen LogP contribution in [0, 0.1) is 0 Å². The molecule has 0 saturated carbocycles. The first-order valence-electron chi connectivity index (χ1n) is 7.05. The number of hydrogen-bond donors (Lipinski definition) is 3. The van der Waals surface area contributed by atoms with Gasteiger partial charge in [-0.1, -0.05) is 6.92 Å². The van der Waals surface area contributed by atoms with E-state index in [4.69, 9.17) is 0 Å². The Balaban J connectivity index is 2.24. The predicted molar refractivity (Wildman–Crippen MR) is 88.1 cm³/mol. The Bertz CT molecular complexity index is 638. The summed E-state index contributed by atoms with van der Waals surface area (Å²) in [5, 5.41) is 9.87. The van der Waals surface area contributed by atoms with Gasteiger partial charge in [-0.05, 0) is 26.3 Å². The fraction of sp³-hybridized carbons (Fsp3) is 0.500. The van der Waals surface area contributed by atoms with Crippen LogP contribution < -0.4 is 16.0 Å². The van der Waals surface area contributed by atoms with E-state index in [1.165, 1.54) is 4.88 Å². The molecule has 2 aromatic rings. The van der Waals surface area contributed by atoms with E-state index in [1.54, 1.807) is 18.4 Å². The minimum Gasteiger partial charge on any atom is -0.360 e. The fourth-order valence-electron chi connectivity index (χ4n) is 1.93. The Hall–Kier alpha value is -1.89. The number of aromatic nitrogens is 2. The SMILES string of the molecule is CCc1cc2c(NCC(=O)NC(C)C)nc(NC)nc2s1. The molecule has 1 amide bonds. The van der Waals surface area contributed by atoms with Crippen molar-refractivity contribution in [2.75, 3.05) is 24.2 Å². The lowest BCUT2D eigenvalue weighted by atomic mass is 10.3. The number of rotatable bonds is 6. The minimum atomic E-state index is -0.0475. The third kappa shape index (κ3) is 3.81. The molecule has 3 N–H and O–H groups in total. The van der Waals surface area contributed by atoms with Crippen molar-refractivity contribution >= 4 is 39.2 Å². The molecule has 0 radical (unpaired) electrons. The Morgan fingerprint density at radius 1 is 1.38 bits per heavy atom. The van der Waals surface area contributed by atoms with E-state index >= 15 is 0 Å². The second-order valence-electron chi connectivity index (χ2n) is 5.01. The topological polar surface area (TPSA) is 78.9 Å². The highest BCUT2D eigenvalue weighted by Gasteiger charge is 2.12.